The van der Waals surface area contributed by atoms with Gasteiger partial charge in [-0.15, -0.1) is 0 Å². The van der Waals surface area contributed by atoms with Crippen molar-refractivity contribution in [2.45, 2.75) is 64.5 Å². The Balaban J connectivity index is 1.40. The van der Waals surface area contributed by atoms with Gasteiger partial charge in [0, 0.05) is 25.6 Å². The van der Waals surface area contributed by atoms with Crippen LogP contribution in [0.1, 0.15) is 70.1 Å². The molecule has 0 saturated carbocycles. The van der Waals surface area contributed by atoms with Crippen LogP contribution in [0.4, 0.5) is 0 Å². The first-order valence-corrected chi connectivity index (χ1v) is 9.55. The van der Waals surface area contributed by atoms with E-state index in [1.165, 1.54) is 32.4 Å². The Morgan fingerprint density at radius 3 is 2.67 bits per heavy atom. The average Bonchev–Trinajstić information content (AvgIpc) is 3.25. The van der Waals surface area contributed by atoms with Crippen LogP contribution in [-0.4, -0.2) is 65.4 Å². The van der Waals surface area contributed by atoms with Crippen LogP contribution in [0.2, 0.25) is 0 Å². The molecule has 0 spiro atoms. The Morgan fingerprint density at radius 1 is 1.17 bits per heavy atom. The lowest BCUT2D eigenvalue weighted by Crippen LogP contribution is -2.34. The minimum absolute atomic E-state index is 0.167. The second kappa shape index (κ2) is 8.41. The van der Waals surface area contributed by atoms with E-state index in [0.29, 0.717) is 12.0 Å². The van der Waals surface area contributed by atoms with Gasteiger partial charge >= 0.3 is 0 Å². The molecule has 2 aliphatic rings. The first-order chi connectivity index (χ1) is 11.6. The third-order valence-corrected chi connectivity index (χ3v) is 5.27. The number of rotatable bonds is 7. The van der Waals surface area contributed by atoms with Crippen LogP contribution in [0.3, 0.4) is 0 Å². The molecule has 136 valence electrons. The zero-order valence-electron chi connectivity index (χ0n) is 15.4. The number of ether oxygens (including phenoxy) is 1. The second-order valence-corrected chi connectivity index (χ2v) is 7.50. The molecule has 0 bridgehead atoms. The first kappa shape index (κ1) is 17.8. The second-order valence-electron chi connectivity index (χ2n) is 7.50. The molecule has 0 unspecified atom stereocenters. The van der Waals surface area contributed by atoms with Crippen LogP contribution in [0.25, 0.3) is 0 Å². The lowest BCUT2D eigenvalue weighted by atomic mass is 10.1. The van der Waals surface area contributed by atoms with E-state index in [1.807, 2.05) is 0 Å². The maximum atomic E-state index is 6.12. The minimum Gasteiger partial charge on any atom is -0.376 e. The van der Waals surface area contributed by atoms with Crippen molar-refractivity contribution in [1.29, 1.82) is 0 Å². The lowest BCUT2D eigenvalue weighted by molar-refractivity contribution is 0.0362. The first-order valence-electron chi connectivity index (χ1n) is 9.55. The Hall–Kier alpha value is -0.980. The van der Waals surface area contributed by atoms with Gasteiger partial charge in [0.2, 0.25) is 5.89 Å². The number of hydrogen-bond acceptors (Lipinski definition) is 6. The van der Waals surface area contributed by atoms with Gasteiger partial charge < -0.3 is 14.2 Å². The highest BCUT2D eigenvalue weighted by Crippen LogP contribution is 2.25. The Bertz CT molecular complexity index is 499. The fraction of sp³-hybridized carbons (Fsp3) is 0.889. The monoisotopic (exact) mass is 336 g/mol. The summed E-state index contributed by atoms with van der Waals surface area (Å²) in [5.41, 5.74) is 0. The summed E-state index contributed by atoms with van der Waals surface area (Å²) in [5, 5.41) is 4.08. The van der Waals surface area contributed by atoms with Crippen molar-refractivity contribution in [3.05, 3.63) is 11.7 Å². The normalized spacial score (nSPS) is 24.8. The molecule has 6 nitrogen and oxygen atoms in total. The highest BCUT2D eigenvalue weighted by Gasteiger charge is 2.30. The smallest absolute Gasteiger partial charge is 0.243 e. The zero-order valence-corrected chi connectivity index (χ0v) is 15.4. The van der Waals surface area contributed by atoms with Gasteiger partial charge in [-0.1, -0.05) is 25.4 Å². The fourth-order valence-corrected chi connectivity index (χ4v) is 3.58. The summed E-state index contributed by atoms with van der Waals surface area (Å²) >= 11 is 0. The van der Waals surface area contributed by atoms with Gasteiger partial charge in [0.25, 0.3) is 0 Å². The van der Waals surface area contributed by atoms with Crippen LogP contribution < -0.4 is 0 Å². The van der Waals surface area contributed by atoms with Gasteiger partial charge in [-0.3, -0.25) is 4.90 Å². The van der Waals surface area contributed by atoms with E-state index in [-0.39, 0.29) is 6.04 Å². The summed E-state index contributed by atoms with van der Waals surface area (Å²) in [5.74, 6) is 1.83. The molecule has 2 fully saturated rings. The minimum atomic E-state index is 0.167. The van der Waals surface area contributed by atoms with E-state index < -0.39 is 0 Å². The molecule has 0 radical (unpaired) electrons. The molecule has 1 aromatic rings. The quantitative estimate of drug-likeness (QED) is 0.763. The van der Waals surface area contributed by atoms with Crippen molar-refractivity contribution in [1.82, 2.24) is 19.9 Å². The molecule has 0 amide bonds. The van der Waals surface area contributed by atoms with Crippen molar-refractivity contribution in [2.24, 2.45) is 0 Å². The van der Waals surface area contributed by atoms with Gasteiger partial charge in [-0.25, -0.2) is 0 Å². The predicted octanol–water partition coefficient (Wildman–Crippen LogP) is 2.83. The SMILES string of the molecule is CC(C)c1noc([C@H](C)N2CC[C@@H](OCCN3CCCCC3)C2)n1. The van der Waals surface area contributed by atoms with Gasteiger partial charge in [-0.05, 0) is 39.3 Å². The highest BCUT2D eigenvalue weighted by molar-refractivity contribution is 4.97. The summed E-state index contributed by atoms with van der Waals surface area (Å²) in [6.07, 6.45) is 5.51. The largest absolute Gasteiger partial charge is 0.376 e. The van der Waals surface area contributed by atoms with Crippen molar-refractivity contribution in [2.75, 3.05) is 39.3 Å². The summed E-state index contributed by atoms with van der Waals surface area (Å²) in [6.45, 7) is 12.7. The third-order valence-electron chi connectivity index (χ3n) is 5.27. The maximum Gasteiger partial charge on any atom is 0.243 e. The highest BCUT2D eigenvalue weighted by atomic mass is 16.5. The summed E-state index contributed by atoms with van der Waals surface area (Å²) < 4.78 is 11.6. The van der Waals surface area contributed by atoms with Crippen LogP contribution in [-0.2, 0) is 4.74 Å². The van der Waals surface area contributed by atoms with Crippen LogP contribution in [0, 0.1) is 0 Å². The van der Waals surface area contributed by atoms with Gasteiger partial charge in [-0.2, -0.15) is 4.98 Å². The topological polar surface area (TPSA) is 54.6 Å². The Morgan fingerprint density at radius 2 is 1.96 bits per heavy atom. The number of likely N-dealkylation sites (tertiary alicyclic amines) is 2. The summed E-state index contributed by atoms with van der Waals surface area (Å²) in [7, 11) is 0. The maximum absolute atomic E-state index is 6.12. The number of hydrogen-bond donors (Lipinski definition) is 0. The van der Waals surface area contributed by atoms with E-state index in [0.717, 1.165) is 44.4 Å². The van der Waals surface area contributed by atoms with Crippen LogP contribution >= 0.6 is 0 Å². The third kappa shape index (κ3) is 4.55. The molecule has 2 saturated heterocycles. The number of nitrogens with zero attached hydrogens (tertiary/aromatic N) is 4. The van der Waals surface area contributed by atoms with E-state index in [9.17, 15) is 0 Å². The molecule has 1 aromatic heterocycles. The summed E-state index contributed by atoms with van der Waals surface area (Å²) in [4.78, 5) is 9.46. The van der Waals surface area contributed by atoms with Crippen molar-refractivity contribution < 1.29 is 9.26 Å². The molecule has 2 atom stereocenters. The summed E-state index contributed by atoms with van der Waals surface area (Å²) in [6, 6.07) is 0.167. The van der Waals surface area contributed by atoms with Crippen LogP contribution in [0.5, 0.6) is 0 Å². The molecule has 3 rings (SSSR count). The van der Waals surface area contributed by atoms with E-state index >= 15 is 0 Å². The van der Waals surface area contributed by atoms with E-state index in [4.69, 9.17) is 9.26 Å². The molecular formula is C18H32N4O2. The standard InChI is InChI=1S/C18H32N4O2/c1-14(2)17-19-18(24-20-17)15(3)22-10-7-16(13-22)23-12-11-21-8-5-4-6-9-21/h14-16H,4-13H2,1-3H3/t15-,16+/m0/s1. The number of aromatic nitrogens is 2. The Labute approximate surface area is 145 Å². The van der Waals surface area contributed by atoms with Crippen molar-refractivity contribution >= 4 is 0 Å². The van der Waals surface area contributed by atoms with Crippen molar-refractivity contribution in [3.63, 3.8) is 0 Å². The van der Waals surface area contributed by atoms with Gasteiger partial charge in [0.1, 0.15) is 0 Å². The molecule has 3 heterocycles. The molecule has 24 heavy (non-hydrogen) atoms. The zero-order chi connectivity index (χ0) is 16.9. The molecule has 0 aromatic carbocycles. The molecular weight excluding hydrogens is 304 g/mol. The van der Waals surface area contributed by atoms with E-state index in [1.54, 1.807) is 0 Å². The molecule has 0 N–H and O–H groups in total. The molecule has 0 aliphatic carbocycles. The van der Waals surface area contributed by atoms with Gasteiger partial charge in [0.05, 0.1) is 18.8 Å². The average molecular weight is 336 g/mol. The fourth-order valence-electron chi connectivity index (χ4n) is 3.58. The lowest BCUT2D eigenvalue weighted by Gasteiger charge is -2.27. The van der Waals surface area contributed by atoms with Gasteiger partial charge in [0.15, 0.2) is 5.82 Å². The predicted molar refractivity (Wildman–Crippen MR) is 93.0 cm³/mol. The molecule has 6 heteroatoms. The van der Waals surface area contributed by atoms with Crippen LogP contribution in [0.15, 0.2) is 4.52 Å². The Kier molecular flexibility index (Phi) is 6.25. The van der Waals surface area contributed by atoms with E-state index in [2.05, 4.69) is 40.7 Å². The van der Waals surface area contributed by atoms with Crippen molar-refractivity contribution in [3.8, 4) is 0 Å². The molecule has 2 aliphatic heterocycles. The number of piperidine rings is 1.